The van der Waals surface area contributed by atoms with Gasteiger partial charge in [0, 0.05) is 30.4 Å². The molecule has 4 aromatic heterocycles. The number of alkyl halides is 3. The van der Waals surface area contributed by atoms with Crippen molar-refractivity contribution >= 4 is 37.8 Å². The number of aromatic nitrogens is 5. The quantitative estimate of drug-likeness (QED) is 0.343. The van der Waals surface area contributed by atoms with Crippen LogP contribution < -0.4 is 10.3 Å². The number of nitrogens with one attached hydrogen (secondary N) is 2. The van der Waals surface area contributed by atoms with Gasteiger partial charge in [-0.05, 0) is 30.7 Å². The lowest BCUT2D eigenvalue weighted by Gasteiger charge is -2.14. The van der Waals surface area contributed by atoms with Crippen LogP contribution in [0.1, 0.15) is 18.1 Å². The molecule has 0 saturated heterocycles. The molecule has 0 atom stereocenters. The van der Waals surface area contributed by atoms with Gasteiger partial charge < -0.3 is 14.1 Å². The lowest BCUT2D eigenvalue weighted by atomic mass is 10.1. The summed E-state index contributed by atoms with van der Waals surface area (Å²) in [6.45, 7) is 1.28. The molecule has 0 aliphatic heterocycles. The van der Waals surface area contributed by atoms with Gasteiger partial charge in [-0.15, -0.1) is 0 Å². The summed E-state index contributed by atoms with van der Waals surface area (Å²) in [6, 6.07) is 8.40. The molecular weight excluding hydrogens is 509 g/mol. The first-order chi connectivity index (χ1) is 17.5. The molecule has 0 fully saturated rings. The number of aryl methyl sites for hydroxylation is 1. The van der Waals surface area contributed by atoms with E-state index in [0.29, 0.717) is 22.2 Å². The molecule has 192 valence electrons. The highest BCUT2D eigenvalue weighted by Crippen LogP contribution is 2.34. The van der Waals surface area contributed by atoms with E-state index in [1.54, 1.807) is 25.5 Å². The van der Waals surface area contributed by atoms with Gasteiger partial charge >= 0.3 is 6.18 Å². The van der Waals surface area contributed by atoms with Crippen LogP contribution in [0, 0.1) is 0 Å². The lowest BCUT2D eigenvalue weighted by Crippen LogP contribution is -2.17. The minimum absolute atomic E-state index is 0.00678. The molecule has 37 heavy (non-hydrogen) atoms. The van der Waals surface area contributed by atoms with Gasteiger partial charge in [-0.2, -0.15) is 13.2 Å². The molecule has 5 rings (SSSR count). The molecule has 0 unspecified atom stereocenters. The number of fused-ring (bicyclic) bond motifs is 2. The van der Waals surface area contributed by atoms with E-state index in [-0.39, 0.29) is 40.3 Å². The molecular formula is C24H21F3N6O3S. The Morgan fingerprint density at radius 2 is 1.92 bits per heavy atom. The maximum Gasteiger partial charge on any atom is 0.416 e. The fraction of sp³-hybridized carbons (Fsp3) is 0.208. The SMILES string of the molecule is CCS(=O)(=O)Nc1cc(-c2cn(C)c(=O)c3[nH]ccc23)nc2c1ncn2Cc1ccccc1C(F)(F)F. The first-order valence-electron chi connectivity index (χ1n) is 11.2. The van der Waals surface area contributed by atoms with Crippen molar-refractivity contribution in [3.05, 3.63) is 76.6 Å². The number of anilines is 1. The van der Waals surface area contributed by atoms with Crippen LogP contribution in [0.4, 0.5) is 18.9 Å². The highest BCUT2D eigenvalue weighted by molar-refractivity contribution is 7.92. The zero-order chi connectivity index (χ0) is 26.5. The molecule has 0 aliphatic rings. The van der Waals surface area contributed by atoms with E-state index in [1.807, 2.05) is 0 Å². The van der Waals surface area contributed by atoms with Crippen LogP contribution in [0.25, 0.3) is 33.3 Å². The topological polar surface area (TPSA) is 115 Å². The summed E-state index contributed by atoms with van der Waals surface area (Å²) in [4.78, 5) is 24.4. The van der Waals surface area contributed by atoms with E-state index >= 15 is 0 Å². The monoisotopic (exact) mass is 530 g/mol. The average molecular weight is 531 g/mol. The number of H-pyrrole nitrogens is 1. The van der Waals surface area contributed by atoms with Crippen LogP contribution in [0.5, 0.6) is 0 Å². The van der Waals surface area contributed by atoms with Gasteiger partial charge in [-0.3, -0.25) is 9.52 Å². The van der Waals surface area contributed by atoms with Gasteiger partial charge in [0.05, 0.1) is 35.6 Å². The minimum Gasteiger partial charge on any atom is -0.357 e. The number of hydrogen-bond donors (Lipinski definition) is 2. The standard InChI is InChI=1S/C24H21F3N6O3S/c1-3-37(35,36)31-19-10-18(16-12-32(2)23(34)20-15(16)8-9-28-20)30-22-21(19)29-13-33(22)11-14-6-4-5-7-17(14)24(25,26)27/h4-10,12-13,28H,3,11H2,1-2H3,(H,30,31). The molecule has 5 aromatic rings. The van der Waals surface area contributed by atoms with Crippen molar-refractivity contribution in [1.82, 2.24) is 24.1 Å². The first-order valence-corrected chi connectivity index (χ1v) is 12.8. The van der Waals surface area contributed by atoms with E-state index in [4.69, 9.17) is 0 Å². The normalized spacial score (nSPS) is 12.5. The van der Waals surface area contributed by atoms with Crippen LogP contribution in [-0.4, -0.2) is 38.3 Å². The number of benzene rings is 1. The molecule has 0 saturated carbocycles. The van der Waals surface area contributed by atoms with Crippen molar-refractivity contribution in [1.29, 1.82) is 0 Å². The molecule has 0 spiro atoms. The first kappa shape index (κ1) is 24.6. The number of halogens is 3. The summed E-state index contributed by atoms with van der Waals surface area (Å²) >= 11 is 0. The van der Waals surface area contributed by atoms with Gasteiger partial charge in [0.2, 0.25) is 10.0 Å². The third kappa shape index (κ3) is 4.46. The Balaban J connectivity index is 1.75. The van der Waals surface area contributed by atoms with E-state index in [1.165, 1.54) is 46.7 Å². The Morgan fingerprint density at radius 3 is 2.65 bits per heavy atom. The van der Waals surface area contributed by atoms with Crippen LogP contribution in [0.2, 0.25) is 0 Å². The summed E-state index contributed by atoms with van der Waals surface area (Å²) in [5.74, 6) is -0.201. The molecule has 0 aliphatic carbocycles. The number of imidazole rings is 1. The van der Waals surface area contributed by atoms with Crippen molar-refractivity contribution in [2.24, 2.45) is 7.05 Å². The predicted molar refractivity (Wildman–Crippen MR) is 134 cm³/mol. The molecule has 0 bridgehead atoms. The number of nitrogens with zero attached hydrogens (tertiary/aromatic N) is 4. The van der Waals surface area contributed by atoms with Crippen molar-refractivity contribution in [2.75, 3.05) is 10.5 Å². The number of hydrogen-bond acceptors (Lipinski definition) is 5. The third-order valence-corrected chi connectivity index (χ3v) is 7.34. The summed E-state index contributed by atoms with van der Waals surface area (Å²) in [5, 5.41) is 0.563. The van der Waals surface area contributed by atoms with Gasteiger partial charge in [0.1, 0.15) is 11.0 Å². The average Bonchev–Trinajstić information content (AvgIpc) is 3.49. The minimum atomic E-state index is -4.55. The maximum absolute atomic E-state index is 13.6. The number of rotatable bonds is 6. The third-order valence-electron chi connectivity index (χ3n) is 6.05. The Bertz CT molecular complexity index is 1820. The predicted octanol–water partition coefficient (Wildman–Crippen LogP) is 4.11. The second kappa shape index (κ2) is 8.76. The lowest BCUT2D eigenvalue weighted by molar-refractivity contribution is -0.138. The maximum atomic E-state index is 13.6. The summed E-state index contributed by atoms with van der Waals surface area (Å²) in [7, 11) is -2.15. The van der Waals surface area contributed by atoms with E-state index in [0.717, 1.165) is 6.07 Å². The van der Waals surface area contributed by atoms with Gasteiger partial charge in [0.25, 0.3) is 5.56 Å². The number of pyridine rings is 2. The fourth-order valence-corrected chi connectivity index (χ4v) is 4.83. The zero-order valence-corrected chi connectivity index (χ0v) is 20.5. The number of aromatic amines is 1. The van der Waals surface area contributed by atoms with Gasteiger partial charge in [-0.1, -0.05) is 18.2 Å². The number of sulfonamides is 1. The van der Waals surface area contributed by atoms with Crippen LogP contribution >= 0.6 is 0 Å². The van der Waals surface area contributed by atoms with Crippen LogP contribution in [-0.2, 0) is 29.8 Å². The van der Waals surface area contributed by atoms with E-state index < -0.39 is 21.8 Å². The molecule has 2 N–H and O–H groups in total. The molecule has 0 amide bonds. The smallest absolute Gasteiger partial charge is 0.357 e. The zero-order valence-electron chi connectivity index (χ0n) is 19.7. The summed E-state index contributed by atoms with van der Waals surface area (Å²) in [5.41, 5.74) is 0.631. The Kier molecular flexibility index (Phi) is 5.82. The molecule has 4 heterocycles. The molecule has 9 nitrogen and oxygen atoms in total. The van der Waals surface area contributed by atoms with E-state index in [9.17, 15) is 26.4 Å². The fourth-order valence-electron chi connectivity index (χ4n) is 4.20. The molecule has 13 heteroatoms. The summed E-state index contributed by atoms with van der Waals surface area (Å²) in [6.07, 6.45) is -0.0509. The van der Waals surface area contributed by atoms with Crippen molar-refractivity contribution in [3.8, 4) is 11.3 Å². The summed E-state index contributed by atoms with van der Waals surface area (Å²) < 4.78 is 71.0. The van der Waals surface area contributed by atoms with Gasteiger partial charge in [-0.25, -0.2) is 18.4 Å². The second-order valence-electron chi connectivity index (χ2n) is 8.49. The largest absolute Gasteiger partial charge is 0.416 e. The van der Waals surface area contributed by atoms with Crippen LogP contribution in [0.15, 0.2) is 59.9 Å². The molecule has 1 aromatic carbocycles. The highest BCUT2D eigenvalue weighted by atomic mass is 32.2. The van der Waals surface area contributed by atoms with Crippen molar-refractivity contribution in [3.63, 3.8) is 0 Å². The molecule has 0 radical (unpaired) electrons. The Labute approximate surface area is 208 Å². The van der Waals surface area contributed by atoms with Gasteiger partial charge in [0.15, 0.2) is 5.65 Å². The highest BCUT2D eigenvalue weighted by Gasteiger charge is 2.33. The Hall–Kier alpha value is -4.13. The Morgan fingerprint density at radius 1 is 1.16 bits per heavy atom. The van der Waals surface area contributed by atoms with Crippen LogP contribution in [0.3, 0.4) is 0 Å². The van der Waals surface area contributed by atoms with Crippen molar-refractivity contribution in [2.45, 2.75) is 19.6 Å². The van der Waals surface area contributed by atoms with Crippen molar-refractivity contribution < 1.29 is 21.6 Å². The second-order valence-corrected chi connectivity index (χ2v) is 10.5. The van der Waals surface area contributed by atoms with E-state index in [2.05, 4.69) is 19.7 Å².